The number of hydrogen-bond donors (Lipinski definition) is 1. The number of benzene rings is 1. The lowest BCUT2D eigenvalue weighted by molar-refractivity contribution is 0.492. The van der Waals surface area contributed by atoms with Gasteiger partial charge in [-0.3, -0.25) is 0 Å². The van der Waals surface area contributed by atoms with Gasteiger partial charge in [0.05, 0.1) is 0 Å². The highest BCUT2D eigenvalue weighted by molar-refractivity contribution is 6.31. The largest absolute Gasteiger partial charge is 0.324 e. The van der Waals surface area contributed by atoms with Crippen molar-refractivity contribution in [3.63, 3.8) is 0 Å². The van der Waals surface area contributed by atoms with Crippen LogP contribution in [0.4, 0.5) is 8.78 Å². The van der Waals surface area contributed by atoms with Crippen molar-refractivity contribution in [3.05, 3.63) is 34.4 Å². The molecule has 2 N–H and O–H groups in total. The minimum Gasteiger partial charge on any atom is -0.324 e. The van der Waals surface area contributed by atoms with Gasteiger partial charge >= 0.3 is 0 Å². The molecular weight excluding hydrogens is 184 g/mol. The fourth-order valence-electron chi connectivity index (χ4n) is 0.960. The molecule has 0 aliphatic rings. The van der Waals surface area contributed by atoms with Crippen molar-refractivity contribution in [3.8, 4) is 0 Å². The Bertz CT molecular complexity index is 299. The maximum Gasteiger partial charge on any atom is 0.165 e. The molecule has 0 saturated carbocycles. The Labute approximate surface area is 74.1 Å². The van der Waals surface area contributed by atoms with Gasteiger partial charge in [-0.15, -0.1) is 0 Å². The summed E-state index contributed by atoms with van der Waals surface area (Å²) in [5.41, 5.74) is 5.42. The van der Waals surface area contributed by atoms with E-state index in [-0.39, 0.29) is 10.6 Å². The topological polar surface area (TPSA) is 26.0 Å². The van der Waals surface area contributed by atoms with E-state index in [1.54, 1.807) is 6.92 Å². The zero-order valence-electron chi connectivity index (χ0n) is 6.44. The Morgan fingerprint density at radius 2 is 2.00 bits per heavy atom. The molecule has 0 heterocycles. The normalized spacial score (nSPS) is 13.1. The first-order valence-electron chi connectivity index (χ1n) is 3.43. The quantitative estimate of drug-likeness (QED) is 0.679. The van der Waals surface area contributed by atoms with Crippen molar-refractivity contribution in [2.45, 2.75) is 13.0 Å². The molecule has 1 atom stereocenters. The lowest BCUT2D eigenvalue weighted by Gasteiger charge is -2.09. The first-order chi connectivity index (χ1) is 5.54. The third kappa shape index (κ3) is 1.57. The molecule has 0 aliphatic carbocycles. The van der Waals surface area contributed by atoms with E-state index in [1.807, 2.05) is 0 Å². The van der Waals surface area contributed by atoms with Gasteiger partial charge in [-0.05, 0) is 19.1 Å². The average Bonchev–Trinajstić information content (AvgIpc) is 1.97. The van der Waals surface area contributed by atoms with Crippen molar-refractivity contribution < 1.29 is 8.78 Å². The molecule has 0 aromatic heterocycles. The van der Waals surface area contributed by atoms with Crippen LogP contribution in [0.1, 0.15) is 18.5 Å². The third-order valence-electron chi connectivity index (χ3n) is 1.53. The molecule has 12 heavy (non-hydrogen) atoms. The summed E-state index contributed by atoms with van der Waals surface area (Å²) in [5.74, 6) is -1.88. The number of rotatable bonds is 1. The lowest BCUT2D eigenvalue weighted by Crippen LogP contribution is -2.09. The smallest absolute Gasteiger partial charge is 0.165 e. The fraction of sp³-hybridized carbons (Fsp3) is 0.250. The highest BCUT2D eigenvalue weighted by atomic mass is 35.5. The van der Waals surface area contributed by atoms with Crippen LogP contribution >= 0.6 is 11.6 Å². The highest BCUT2D eigenvalue weighted by Gasteiger charge is 2.14. The van der Waals surface area contributed by atoms with E-state index in [1.165, 1.54) is 6.07 Å². The number of hydrogen-bond acceptors (Lipinski definition) is 1. The molecule has 0 saturated heterocycles. The Hall–Kier alpha value is -0.670. The summed E-state index contributed by atoms with van der Waals surface area (Å²) in [5, 5.41) is 0.156. The molecule has 1 rings (SSSR count). The molecule has 0 radical (unpaired) electrons. The van der Waals surface area contributed by atoms with Gasteiger partial charge in [-0.1, -0.05) is 11.6 Å². The second-order valence-electron chi connectivity index (χ2n) is 2.55. The first-order valence-corrected chi connectivity index (χ1v) is 3.80. The van der Waals surface area contributed by atoms with E-state index in [0.29, 0.717) is 0 Å². The molecular formula is C8H8ClF2N. The van der Waals surface area contributed by atoms with Gasteiger partial charge < -0.3 is 5.73 Å². The predicted octanol–water partition coefficient (Wildman–Crippen LogP) is 2.64. The summed E-state index contributed by atoms with van der Waals surface area (Å²) in [6.45, 7) is 1.55. The summed E-state index contributed by atoms with van der Waals surface area (Å²) >= 11 is 5.61. The number of halogens is 3. The molecule has 66 valence electrons. The van der Waals surface area contributed by atoms with Crippen LogP contribution in [0.25, 0.3) is 0 Å². The molecule has 4 heteroatoms. The predicted molar refractivity (Wildman–Crippen MR) is 44.0 cm³/mol. The summed E-state index contributed by atoms with van der Waals surface area (Å²) in [6.07, 6.45) is 0. The lowest BCUT2D eigenvalue weighted by atomic mass is 10.1. The van der Waals surface area contributed by atoms with E-state index in [0.717, 1.165) is 6.07 Å². The van der Waals surface area contributed by atoms with Gasteiger partial charge in [0.15, 0.2) is 11.6 Å². The van der Waals surface area contributed by atoms with E-state index in [4.69, 9.17) is 17.3 Å². The maximum absolute atomic E-state index is 13.0. The van der Waals surface area contributed by atoms with Crippen LogP contribution in [0, 0.1) is 11.6 Å². The van der Waals surface area contributed by atoms with Crippen molar-refractivity contribution in [2.75, 3.05) is 0 Å². The summed E-state index contributed by atoms with van der Waals surface area (Å²) in [7, 11) is 0. The van der Waals surface area contributed by atoms with Crippen molar-refractivity contribution in [2.24, 2.45) is 5.73 Å². The van der Waals surface area contributed by atoms with Gasteiger partial charge in [0.1, 0.15) is 0 Å². The van der Waals surface area contributed by atoms with Crippen LogP contribution in [-0.2, 0) is 0 Å². The average molecular weight is 192 g/mol. The van der Waals surface area contributed by atoms with E-state index >= 15 is 0 Å². The summed E-state index contributed by atoms with van der Waals surface area (Å²) < 4.78 is 25.6. The fourth-order valence-corrected chi connectivity index (χ4v) is 1.28. The van der Waals surface area contributed by atoms with Crippen LogP contribution in [0.3, 0.4) is 0 Å². The minimum atomic E-state index is -0.961. The van der Waals surface area contributed by atoms with Gasteiger partial charge in [-0.2, -0.15) is 0 Å². The monoisotopic (exact) mass is 191 g/mol. The van der Waals surface area contributed by atoms with Crippen LogP contribution < -0.4 is 5.73 Å². The Kier molecular flexibility index (Phi) is 2.65. The molecule has 1 nitrogen and oxygen atoms in total. The van der Waals surface area contributed by atoms with Gasteiger partial charge in [0, 0.05) is 16.6 Å². The molecule has 1 aromatic carbocycles. The molecule has 0 fully saturated rings. The summed E-state index contributed by atoms with van der Waals surface area (Å²) in [6, 6.07) is 1.66. The van der Waals surface area contributed by atoms with Crippen LogP contribution in [-0.4, -0.2) is 0 Å². The van der Waals surface area contributed by atoms with Crippen LogP contribution in [0.15, 0.2) is 12.1 Å². The Morgan fingerprint density at radius 1 is 1.42 bits per heavy atom. The van der Waals surface area contributed by atoms with E-state index in [9.17, 15) is 8.78 Å². The van der Waals surface area contributed by atoms with Crippen molar-refractivity contribution >= 4 is 11.6 Å². The molecule has 1 aromatic rings. The molecule has 1 unspecified atom stereocenters. The zero-order chi connectivity index (χ0) is 9.30. The first kappa shape index (κ1) is 9.42. The van der Waals surface area contributed by atoms with Crippen molar-refractivity contribution in [1.82, 2.24) is 0 Å². The minimum absolute atomic E-state index is 0.0247. The van der Waals surface area contributed by atoms with Crippen LogP contribution in [0.5, 0.6) is 0 Å². The highest BCUT2D eigenvalue weighted by Crippen LogP contribution is 2.25. The van der Waals surface area contributed by atoms with Gasteiger partial charge in [0.25, 0.3) is 0 Å². The Balaban J connectivity index is 3.33. The molecule has 0 spiro atoms. The maximum atomic E-state index is 13.0. The molecule has 0 aliphatic heterocycles. The summed E-state index contributed by atoms with van der Waals surface area (Å²) in [4.78, 5) is 0. The van der Waals surface area contributed by atoms with E-state index in [2.05, 4.69) is 0 Å². The van der Waals surface area contributed by atoms with Gasteiger partial charge in [0.2, 0.25) is 0 Å². The number of nitrogens with two attached hydrogens (primary N) is 1. The second kappa shape index (κ2) is 3.37. The van der Waals surface area contributed by atoms with Crippen LogP contribution in [0.2, 0.25) is 5.02 Å². The standard InChI is InChI=1S/C8H8ClF2N/c1-4(12)7-5(9)2-3-6(10)8(7)11/h2-4H,12H2,1H3. The second-order valence-corrected chi connectivity index (χ2v) is 2.95. The Morgan fingerprint density at radius 3 is 2.42 bits per heavy atom. The molecule has 0 amide bonds. The van der Waals surface area contributed by atoms with Crippen molar-refractivity contribution in [1.29, 1.82) is 0 Å². The van der Waals surface area contributed by atoms with Gasteiger partial charge in [-0.25, -0.2) is 8.78 Å². The molecule has 0 bridgehead atoms. The third-order valence-corrected chi connectivity index (χ3v) is 1.86. The van der Waals surface area contributed by atoms with E-state index < -0.39 is 17.7 Å². The zero-order valence-corrected chi connectivity index (χ0v) is 7.20. The SMILES string of the molecule is CC(N)c1c(Cl)ccc(F)c1F.